The fraction of sp³-hybridized carbons (Fsp3) is 0.339. The lowest BCUT2D eigenvalue weighted by molar-refractivity contribution is -0.437. The highest BCUT2D eigenvalue weighted by molar-refractivity contribution is 7.91. The molecule has 3 amide bonds. The zero-order valence-corrected chi connectivity index (χ0v) is 57.5. The predicted octanol–water partition coefficient (Wildman–Crippen LogP) is 4.22. The second kappa shape index (κ2) is 27.8. The van der Waals surface area contributed by atoms with Crippen molar-refractivity contribution in [3.63, 3.8) is 0 Å². The highest BCUT2D eigenvalue weighted by atomic mass is 32.3. The van der Waals surface area contributed by atoms with Gasteiger partial charge in [0.15, 0.2) is 5.71 Å². The number of nitrogens with two attached hydrogens (primary N) is 1. The van der Waals surface area contributed by atoms with Gasteiger partial charge >= 0.3 is 0 Å². The fourth-order valence-electron chi connectivity index (χ4n) is 11.4. The number of nitrogens with one attached hydrogen (secondary N) is 3. The van der Waals surface area contributed by atoms with Gasteiger partial charge in [-0.05, 0) is 110 Å². The molecule has 0 unspecified atom stereocenters. The number of hydrogen-bond acceptors (Lipinski definition) is 23. The minimum atomic E-state index is -5.19. The molecule has 10 N–H and O–H groups in total. The average molecular weight is 1490 g/mol. The predicted molar refractivity (Wildman–Crippen MR) is 348 cm³/mol. The monoisotopic (exact) mass is 1490 g/mol. The third-order valence-electron chi connectivity index (χ3n) is 15.6. The smallest absolute Gasteiger partial charge is 0.295 e. The molecule has 518 valence electrons. The molecule has 2 aliphatic heterocycles. The van der Waals surface area contributed by atoms with Gasteiger partial charge in [-0.2, -0.15) is 46.7 Å². The SMILES string of the molecule is CC1(C)C(=CC=C(C=CC2=[N+](CCCS(=O)(=O)[O-])c3ccc4c(S(=O)(=O)O)cc(S(=O)(=O)O)cc4c3C2(C)C)c2ccc(C(=O)NCCCCCC(=O)NCCC(=O)Nc3nnc(S(N)(=O)=O)s3)cn2)N(CCCS(=O)(=O)O)c2ccc3c(S(=O)(=O)O)cc(S(=O)(=O)O)cc3c21. The van der Waals surface area contributed by atoms with Crippen LogP contribution in [0.25, 0.3) is 27.1 Å². The molecule has 0 saturated heterocycles. The number of amides is 3. The van der Waals surface area contributed by atoms with Crippen LogP contribution in [0.1, 0.15) is 99.8 Å². The van der Waals surface area contributed by atoms with Gasteiger partial charge in [0.2, 0.25) is 27.0 Å². The van der Waals surface area contributed by atoms with Gasteiger partial charge in [-0.3, -0.25) is 42.1 Å². The molecule has 0 bridgehead atoms. The molecular weight excluding hydrogens is 1420 g/mol. The molecule has 2 aromatic heterocycles. The van der Waals surface area contributed by atoms with Crippen LogP contribution in [0.2, 0.25) is 0 Å². The van der Waals surface area contributed by atoms with E-state index in [4.69, 9.17) is 5.14 Å². The normalized spacial score (nSPS) is 15.8. The van der Waals surface area contributed by atoms with Gasteiger partial charge in [-0.25, -0.2) is 22.0 Å². The molecule has 96 heavy (non-hydrogen) atoms. The van der Waals surface area contributed by atoms with Crippen LogP contribution in [0.5, 0.6) is 0 Å². The Morgan fingerprint density at radius 1 is 0.656 bits per heavy atom. The first-order chi connectivity index (χ1) is 44.3. The summed E-state index contributed by atoms with van der Waals surface area (Å²) in [6, 6.07) is 11.4. The molecule has 32 nitrogen and oxygen atoms in total. The van der Waals surface area contributed by atoms with Crippen molar-refractivity contribution in [3.05, 3.63) is 119 Å². The highest BCUT2D eigenvalue weighted by Crippen LogP contribution is 2.52. The number of carbonyl (C=O) groups excluding carboxylic acids is 3. The number of hydrogen-bond donors (Lipinski definition) is 9. The number of sulfonamides is 1. The molecule has 0 aliphatic carbocycles. The number of allylic oxidation sites excluding steroid dienone is 6. The quantitative estimate of drug-likeness (QED) is 0.0109. The summed E-state index contributed by atoms with van der Waals surface area (Å²) in [4.78, 5) is 41.0. The van der Waals surface area contributed by atoms with E-state index in [1.165, 1.54) is 54.7 Å². The molecule has 0 saturated carbocycles. The Kier molecular flexibility index (Phi) is 21.6. The van der Waals surface area contributed by atoms with E-state index in [-0.39, 0.29) is 124 Å². The van der Waals surface area contributed by atoms with E-state index in [1.54, 1.807) is 49.3 Å². The Balaban J connectivity index is 1.16. The second-order valence-corrected chi connectivity index (χ2v) is 34.5. The van der Waals surface area contributed by atoms with Crippen molar-refractivity contribution in [2.24, 2.45) is 5.14 Å². The summed E-state index contributed by atoms with van der Waals surface area (Å²) in [5.74, 6) is -3.10. The largest absolute Gasteiger partial charge is 0.748 e. The maximum Gasteiger partial charge on any atom is 0.295 e. The van der Waals surface area contributed by atoms with E-state index >= 15 is 0 Å². The molecule has 2 aliphatic rings. The lowest BCUT2D eigenvalue weighted by Crippen LogP contribution is -2.28. The molecule has 4 heterocycles. The van der Waals surface area contributed by atoms with Crippen LogP contribution >= 0.6 is 11.3 Å². The maximum absolute atomic E-state index is 13.6. The van der Waals surface area contributed by atoms with Crippen LogP contribution in [0, 0.1) is 0 Å². The van der Waals surface area contributed by atoms with E-state index in [2.05, 4.69) is 31.1 Å². The lowest BCUT2D eigenvalue weighted by Gasteiger charge is -2.27. The van der Waals surface area contributed by atoms with Gasteiger partial charge in [0.05, 0.1) is 42.3 Å². The lowest BCUT2D eigenvalue weighted by atomic mass is 9.79. The summed E-state index contributed by atoms with van der Waals surface area (Å²) < 4.78 is 237. The third-order valence-corrected chi connectivity index (χ3v) is 22.8. The minimum Gasteiger partial charge on any atom is -0.748 e. The Morgan fingerprint density at radius 3 is 1.82 bits per heavy atom. The molecule has 6 aromatic rings. The van der Waals surface area contributed by atoms with E-state index in [9.17, 15) is 101 Å². The average Bonchev–Trinajstić information content (AvgIpc) is 1.53. The number of anilines is 2. The van der Waals surface area contributed by atoms with Gasteiger partial charge in [-0.15, -0.1) is 10.2 Å². The molecule has 40 heteroatoms. The first-order valence-corrected chi connectivity index (χ1v) is 39.8. The number of pyridine rings is 1. The topological polar surface area (TPSA) is 521 Å². The van der Waals surface area contributed by atoms with Crippen LogP contribution in [-0.4, -0.2) is 167 Å². The van der Waals surface area contributed by atoms with Crippen molar-refractivity contribution in [2.45, 2.75) is 107 Å². The van der Waals surface area contributed by atoms with E-state index < -0.39 is 129 Å². The van der Waals surface area contributed by atoms with Gasteiger partial charge in [0.1, 0.15) is 16.3 Å². The number of fused-ring (bicyclic) bond motifs is 6. The third kappa shape index (κ3) is 17.5. The summed E-state index contributed by atoms with van der Waals surface area (Å²) in [6.07, 6.45) is 8.10. The molecule has 4 aromatic carbocycles. The molecule has 0 spiro atoms. The van der Waals surface area contributed by atoms with E-state index in [0.717, 1.165) is 12.1 Å². The molecule has 0 atom stereocenters. The second-order valence-electron chi connectivity index (χ2n) is 23.1. The van der Waals surface area contributed by atoms with Crippen LogP contribution in [0.4, 0.5) is 16.5 Å². The number of benzene rings is 4. The number of unbranched alkanes of at least 4 members (excludes halogenated alkanes) is 2. The van der Waals surface area contributed by atoms with Crippen LogP contribution < -0.4 is 26.0 Å². The van der Waals surface area contributed by atoms with E-state index in [0.29, 0.717) is 54.1 Å². The van der Waals surface area contributed by atoms with E-state index in [1.807, 2.05) is 0 Å². The number of nitrogens with zero attached hydrogens (tertiary/aromatic N) is 5. The van der Waals surface area contributed by atoms with Crippen LogP contribution in [-0.2, 0) is 91.2 Å². The molecule has 0 radical (unpaired) electrons. The van der Waals surface area contributed by atoms with Gasteiger partial charge in [0, 0.05) is 102 Å². The standard InChI is InChI=1S/C56H63N9O23S8/c1-55(2)46(64(24-8-26-90(69,70)71)42-17-14-37-39(50(42)55)28-35(93(77,78)79)30-44(37)95(83,84)85)19-12-33(41-16-11-34(32-60-41)52(68)59-22-7-5-6-10-48(66)58-23-21-49(67)61-53-62-63-54(89-53)92(57,75)76)13-20-47-56(3,4)51-40-29-36(94(80,81)82)31-45(96(86,87)88)38(40)15-18-43(51)65(47)25-9-27-91(72,73)74/h11-20,28-32H,5-10,21-27H2,1-4H3,(H10-,57,58,59,61,62,66,67,68,69,70,71,72,73,74,75,76,77,78,79,80,81,82,83,84,85,86,87,88). The molecule has 8 rings (SSSR count). The van der Waals surface area contributed by atoms with Crippen molar-refractivity contribution in [1.82, 2.24) is 25.8 Å². The summed E-state index contributed by atoms with van der Waals surface area (Å²) in [7, 11) is -34.2. The zero-order valence-electron chi connectivity index (χ0n) is 51.0. The first kappa shape index (κ1) is 74.4. The van der Waals surface area contributed by atoms with Gasteiger partial charge < -0.3 is 25.4 Å². The van der Waals surface area contributed by atoms with Crippen molar-refractivity contribution < 1.29 is 105 Å². The van der Waals surface area contributed by atoms with Crippen molar-refractivity contribution in [3.8, 4) is 0 Å². The molecule has 0 fully saturated rings. The van der Waals surface area contributed by atoms with Crippen molar-refractivity contribution in [1.29, 1.82) is 0 Å². The zero-order chi connectivity index (χ0) is 71.1. The maximum atomic E-state index is 13.6. The number of primary sulfonamides is 1. The Labute approximate surface area is 556 Å². The summed E-state index contributed by atoms with van der Waals surface area (Å²) in [5.41, 5.74) is -0.756. The van der Waals surface area contributed by atoms with Crippen molar-refractivity contribution >= 4 is 149 Å². The number of carbonyl (C=O) groups is 3. The number of aromatic nitrogens is 3. The van der Waals surface area contributed by atoms with Crippen molar-refractivity contribution in [2.75, 3.05) is 47.9 Å². The summed E-state index contributed by atoms with van der Waals surface area (Å²) in [5, 5.41) is 19.1. The number of rotatable bonds is 28. The fourth-order valence-corrected chi connectivity index (χ4v) is 16.4. The highest BCUT2D eigenvalue weighted by Gasteiger charge is 2.47. The Hall–Kier alpha value is -7.42. The molecular formula is C56H63N9O23S8. The van der Waals surface area contributed by atoms with Crippen LogP contribution in [0.3, 0.4) is 0 Å². The van der Waals surface area contributed by atoms with Crippen LogP contribution in [0.15, 0.2) is 121 Å². The van der Waals surface area contributed by atoms with Gasteiger partial charge in [0.25, 0.3) is 66.5 Å². The Morgan fingerprint density at radius 2 is 1.27 bits per heavy atom. The summed E-state index contributed by atoms with van der Waals surface area (Å²) in [6.45, 7) is 6.30. The minimum absolute atomic E-state index is 0.0432. The summed E-state index contributed by atoms with van der Waals surface area (Å²) >= 11 is 0.554. The first-order valence-electron chi connectivity index (χ1n) is 28.5. The van der Waals surface area contributed by atoms with Gasteiger partial charge in [-0.1, -0.05) is 43.7 Å². The Bertz CT molecular complexity index is 5170.